The van der Waals surface area contributed by atoms with E-state index in [-0.39, 0.29) is 6.61 Å². The van der Waals surface area contributed by atoms with Gasteiger partial charge in [-0.2, -0.15) is 5.06 Å². The number of aromatic nitrogens is 2. The molecule has 1 aromatic carbocycles. The molecular formula is C20H21N3O4. The fraction of sp³-hybridized carbons (Fsp3) is 0.200. The van der Waals surface area contributed by atoms with Gasteiger partial charge in [0.25, 0.3) is 0 Å². The molecule has 140 valence electrons. The van der Waals surface area contributed by atoms with Crippen LogP contribution in [0, 0.1) is 0 Å². The highest BCUT2D eigenvalue weighted by atomic mass is 16.7. The summed E-state index contributed by atoms with van der Waals surface area (Å²) in [6.45, 7) is 0.223. The number of anilines is 1. The highest BCUT2D eigenvalue weighted by molar-refractivity contribution is 5.86. The number of carbonyl (C=O) groups excluding carboxylic acids is 1. The van der Waals surface area contributed by atoms with Gasteiger partial charge >= 0.3 is 6.09 Å². The number of allylic oxidation sites excluding steroid dienone is 6. The second kappa shape index (κ2) is 8.86. The summed E-state index contributed by atoms with van der Waals surface area (Å²) in [4.78, 5) is 17.0. The van der Waals surface area contributed by atoms with Crippen LogP contribution in [0.15, 0.2) is 66.9 Å². The quantitative estimate of drug-likeness (QED) is 0.723. The van der Waals surface area contributed by atoms with Crippen molar-refractivity contribution in [2.75, 3.05) is 19.3 Å². The SMILES string of the molecule is COC(=O)N(OC)c1ccccc1COc1ccn(C2=CCC=CC=C2)n1. The molecule has 1 aliphatic carbocycles. The van der Waals surface area contributed by atoms with Crippen LogP contribution in [0.5, 0.6) is 5.88 Å². The van der Waals surface area contributed by atoms with Crippen molar-refractivity contribution in [3.63, 3.8) is 0 Å². The van der Waals surface area contributed by atoms with Crippen molar-refractivity contribution in [3.8, 4) is 5.88 Å². The van der Waals surface area contributed by atoms with Crippen molar-refractivity contribution >= 4 is 17.5 Å². The monoisotopic (exact) mass is 367 g/mol. The van der Waals surface area contributed by atoms with Gasteiger partial charge in [-0.1, -0.05) is 42.5 Å². The highest BCUT2D eigenvalue weighted by Crippen LogP contribution is 2.23. The molecular weight excluding hydrogens is 346 g/mol. The maximum atomic E-state index is 11.9. The van der Waals surface area contributed by atoms with Crippen molar-refractivity contribution in [2.45, 2.75) is 13.0 Å². The number of carbonyl (C=O) groups is 1. The van der Waals surface area contributed by atoms with Crippen molar-refractivity contribution in [2.24, 2.45) is 0 Å². The second-order valence-electron chi connectivity index (χ2n) is 5.61. The van der Waals surface area contributed by atoms with Gasteiger partial charge in [0.1, 0.15) is 6.61 Å². The molecule has 0 N–H and O–H groups in total. The minimum Gasteiger partial charge on any atom is -0.472 e. The van der Waals surface area contributed by atoms with E-state index in [4.69, 9.17) is 14.3 Å². The normalized spacial score (nSPS) is 13.0. The Morgan fingerprint density at radius 1 is 1.22 bits per heavy atom. The second-order valence-corrected chi connectivity index (χ2v) is 5.61. The van der Waals surface area contributed by atoms with Crippen molar-refractivity contribution < 1.29 is 19.1 Å². The molecule has 0 spiro atoms. The average Bonchev–Trinajstić information content (AvgIpc) is 3.00. The van der Waals surface area contributed by atoms with Crippen LogP contribution in [0.1, 0.15) is 12.0 Å². The number of benzene rings is 1. The van der Waals surface area contributed by atoms with E-state index in [1.165, 1.54) is 14.2 Å². The average molecular weight is 367 g/mol. The number of hydrogen-bond acceptors (Lipinski definition) is 5. The summed E-state index contributed by atoms with van der Waals surface area (Å²) in [7, 11) is 2.70. The molecule has 0 saturated heterocycles. The number of methoxy groups -OCH3 is 1. The van der Waals surface area contributed by atoms with Crippen LogP contribution in [-0.2, 0) is 16.2 Å². The number of nitrogens with zero attached hydrogens (tertiary/aromatic N) is 3. The predicted octanol–water partition coefficient (Wildman–Crippen LogP) is 3.95. The molecule has 0 unspecified atom stereocenters. The minimum atomic E-state index is -0.616. The molecule has 3 rings (SSSR count). The first kappa shape index (κ1) is 18.5. The summed E-state index contributed by atoms with van der Waals surface area (Å²) in [5.41, 5.74) is 2.29. The van der Waals surface area contributed by atoms with Gasteiger partial charge in [-0.3, -0.25) is 4.84 Å². The lowest BCUT2D eigenvalue weighted by atomic mass is 10.2. The Balaban J connectivity index is 1.73. The van der Waals surface area contributed by atoms with Crippen LogP contribution in [0.4, 0.5) is 10.5 Å². The molecule has 27 heavy (non-hydrogen) atoms. The first-order valence-corrected chi connectivity index (χ1v) is 8.45. The Kier molecular flexibility index (Phi) is 6.06. The van der Waals surface area contributed by atoms with E-state index in [1.807, 2.05) is 36.6 Å². The number of hydroxylamine groups is 1. The van der Waals surface area contributed by atoms with E-state index in [1.54, 1.807) is 22.9 Å². The maximum absolute atomic E-state index is 11.9. The molecule has 1 heterocycles. The lowest BCUT2D eigenvalue weighted by Crippen LogP contribution is -2.30. The Labute approximate surface area is 157 Å². The van der Waals surface area contributed by atoms with Crippen molar-refractivity contribution in [1.82, 2.24) is 9.78 Å². The Morgan fingerprint density at radius 2 is 2.07 bits per heavy atom. The van der Waals surface area contributed by atoms with Gasteiger partial charge in [0, 0.05) is 17.8 Å². The summed E-state index contributed by atoms with van der Waals surface area (Å²) in [5, 5.41) is 5.52. The first-order valence-electron chi connectivity index (χ1n) is 8.45. The maximum Gasteiger partial charge on any atom is 0.438 e. The number of ether oxygens (including phenoxy) is 2. The molecule has 7 nitrogen and oxygen atoms in total. The standard InChI is InChI=1S/C20H21N3O4/c1-25-20(24)23(26-2)18-12-8-7-9-16(18)15-27-19-13-14-22(21-19)17-10-5-3-4-6-11-17/h3-5,7-14H,6,15H2,1-2H3. The lowest BCUT2D eigenvalue weighted by molar-refractivity contribution is 0.115. The number of amides is 1. The fourth-order valence-electron chi connectivity index (χ4n) is 2.60. The van der Waals surface area contributed by atoms with Gasteiger partial charge in [-0.25, -0.2) is 9.48 Å². The molecule has 0 bridgehead atoms. The van der Waals surface area contributed by atoms with E-state index in [0.717, 1.165) is 22.7 Å². The molecule has 1 aliphatic rings. The summed E-state index contributed by atoms with van der Waals surface area (Å²) in [6.07, 6.45) is 12.2. The third kappa shape index (κ3) is 4.45. The van der Waals surface area contributed by atoms with Crippen LogP contribution < -0.4 is 9.80 Å². The molecule has 0 radical (unpaired) electrons. The van der Waals surface area contributed by atoms with Gasteiger partial charge in [-0.15, -0.1) is 5.10 Å². The van der Waals surface area contributed by atoms with Gasteiger partial charge in [0.05, 0.1) is 25.6 Å². The summed E-state index contributed by atoms with van der Waals surface area (Å²) in [6, 6.07) is 9.07. The fourth-order valence-corrected chi connectivity index (χ4v) is 2.60. The molecule has 0 aliphatic heterocycles. The van der Waals surface area contributed by atoms with Crippen LogP contribution in [0.25, 0.3) is 5.70 Å². The van der Waals surface area contributed by atoms with Crippen molar-refractivity contribution in [3.05, 3.63) is 72.5 Å². The van der Waals surface area contributed by atoms with E-state index < -0.39 is 6.09 Å². The number of rotatable bonds is 6. The van der Waals surface area contributed by atoms with Gasteiger partial charge in [0.15, 0.2) is 0 Å². The molecule has 7 heteroatoms. The largest absolute Gasteiger partial charge is 0.472 e. The van der Waals surface area contributed by atoms with Crippen LogP contribution in [0.3, 0.4) is 0 Å². The van der Waals surface area contributed by atoms with E-state index >= 15 is 0 Å². The molecule has 1 amide bonds. The predicted molar refractivity (Wildman–Crippen MR) is 102 cm³/mol. The Morgan fingerprint density at radius 3 is 2.89 bits per heavy atom. The van der Waals surface area contributed by atoms with E-state index in [0.29, 0.717) is 11.6 Å². The van der Waals surface area contributed by atoms with Gasteiger partial charge in [-0.05, 0) is 18.6 Å². The molecule has 2 aromatic rings. The summed E-state index contributed by atoms with van der Waals surface area (Å²) in [5.74, 6) is 0.485. The highest BCUT2D eigenvalue weighted by Gasteiger charge is 2.19. The summed E-state index contributed by atoms with van der Waals surface area (Å²) < 4.78 is 12.3. The smallest absolute Gasteiger partial charge is 0.438 e. The zero-order chi connectivity index (χ0) is 19.1. The molecule has 0 saturated carbocycles. The Bertz CT molecular complexity index is 883. The van der Waals surface area contributed by atoms with E-state index in [2.05, 4.69) is 17.3 Å². The Hall–Kier alpha value is -3.32. The molecule has 0 atom stereocenters. The number of hydrogen-bond donors (Lipinski definition) is 0. The lowest BCUT2D eigenvalue weighted by Gasteiger charge is -2.20. The van der Waals surface area contributed by atoms with Crippen molar-refractivity contribution in [1.29, 1.82) is 0 Å². The first-order chi connectivity index (χ1) is 13.2. The van der Waals surface area contributed by atoms with Crippen LogP contribution in [-0.4, -0.2) is 30.1 Å². The van der Waals surface area contributed by atoms with Gasteiger partial charge < -0.3 is 9.47 Å². The zero-order valence-electron chi connectivity index (χ0n) is 15.2. The number of para-hydroxylation sites is 1. The third-order valence-electron chi connectivity index (χ3n) is 3.92. The van der Waals surface area contributed by atoms with E-state index in [9.17, 15) is 4.79 Å². The molecule has 1 aromatic heterocycles. The minimum absolute atomic E-state index is 0.223. The van der Waals surface area contributed by atoms with Crippen LogP contribution in [0.2, 0.25) is 0 Å². The summed E-state index contributed by atoms with van der Waals surface area (Å²) >= 11 is 0. The zero-order valence-corrected chi connectivity index (χ0v) is 15.2. The molecule has 0 fully saturated rings. The third-order valence-corrected chi connectivity index (χ3v) is 3.92. The van der Waals surface area contributed by atoms with Crippen LogP contribution >= 0.6 is 0 Å². The topological polar surface area (TPSA) is 65.8 Å². The van der Waals surface area contributed by atoms with Gasteiger partial charge in [0.2, 0.25) is 5.88 Å².